The lowest BCUT2D eigenvalue weighted by atomic mass is 10.0. The van der Waals surface area contributed by atoms with Gasteiger partial charge in [0, 0.05) is 37.9 Å². The van der Waals surface area contributed by atoms with E-state index in [1.165, 1.54) is 0 Å². The van der Waals surface area contributed by atoms with Crippen LogP contribution in [-0.4, -0.2) is 51.4 Å². The number of aliphatic imine (C=N–C) groups is 1. The second-order valence-electron chi connectivity index (χ2n) is 7.39. The van der Waals surface area contributed by atoms with Crippen LogP contribution in [0.2, 0.25) is 0 Å². The van der Waals surface area contributed by atoms with E-state index in [1.807, 2.05) is 13.0 Å². The molecule has 0 saturated carbocycles. The Morgan fingerprint density at radius 1 is 1.11 bits per heavy atom. The zero-order valence-corrected chi connectivity index (χ0v) is 16.0. The summed E-state index contributed by atoms with van der Waals surface area (Å²) in [6, 6.07) is 9.54. The van der Waals surface area contributed by atoms with Crippen molar-refractivity contribution < 1.29 is 12.8 Å². The molecule has 27 heavy (non-hydrogen) atoms. The number of furan rings is 1. The Hall–Kier alpha value is -2.32. The fourth-order valence-corrected chi connectivity index (χ4v) is 5.38. The van der Waals surface area contributed by atoms with E-state index in [0.29, 0.717) is 23.2 Å². The van der Waals surface area contributed by atoms with E-state index in [-0.39, 0.29) is 10.7 Å². The molecule has 4 aliphatic rings. The van der Waals surface area contributed by atoms with Gasteiger partial charge in [-0.2, -0.15) is 0 Å². The standard InChI is InChI=1S/C19H22N4O3S/c1-13-2-5-17(26-13)19-20-16-4-3-15(12-18(16)27(24,25)21-19)23-11-10-22-8-6-14(23)7-9-22/h2-5,12,14H,6-11H2,1H3,(H,20,21). The van der Waals surface area contributed by atoms with Crippen LogP contribution in [0.3, 0.4) is 0 Å². The molecule has 1 aromatic heterocycles. The number of fused-ring (bicyclic) bond motifs is 5. The van der Waals surface area contributed by atoms with Crippen LogP contribution < -0.4 is 9.62 Å². The van der Waals surface area contributed by atoms with Crippen molar-refractivity contribution in [3.63, 3.8) is 0 Å². The molecule has 2 aromatic rings. The van der Waals surface area contributed by atoms with E-state index in [9.17, 15) is 8.42 Å². The topological polar surface area (TPSA) is 78.1 Å². The Morgan fingerprint density at radius 2 is 1.93 bits per heavy atom. The first kappa shape index (κ1) is 16.8. The van der Waals surface area contributed by atoms with Gasteiger partial charge in [0.15, 0.2) is 11.6 Å². The van der Waals surface area contributed by atoms with Gasteiger partial charge in [0.1, 0.15) is 10.7 Å². The minimum Gasteiger partial charge on any atom is -0.458 e. The highest BCUT2D eigenvalue weighted by Crippen LogP contribution is 2.35. The summed E-state index contributed by atoms with van der Waals surface area (Å²) in [5, 5.41) is 0. The molecule has 3 saturated heterocycles. The number of nitrogens with zero attached hydrogens (tertiary/aromatic N) is 3. The minimum atomic E-state index is -3.69. The van der Waals surface area contributed by atoms with Gasteiger partial charge in [0.25, 0.3) is 10.0 Å². The number of sulfonamides is 1. The average molecular weight is 386 g/mol. The van der Waals surface area contributed by atoms with E-state index < -0.39 is 10.0 Å². The zero-order chi connectivity index (χ0) is 18.6. The molecule has 0 atom stereocenters. The third-order valence-corrected chi connectivity index (χ3v) is 7.02. The normalized spacial score (nSPS) is 26.1. The van der Waals surface area contributed by atoms with E-state index >= 15 is 0 Å². The minimum absolute atomic E-state index is 0.226. The van der Waals surface area contributed by atoms with Crippen molar-refractivity contribution >= 4 is 27.2 Å². The zero-order valence-electron chi connectivity index (χ0n) is 15.2. The Kier molecular flexibility index (Phi) is 3.80. The summed E-state index contributed by atoms with van der Waals surface area (Å²) >= 11 is 0. The molecule has 8 heteroatoms. The molecule has 1 aromatic carbocycles. The molecule has 142 valence electrons. The SMILES string of the molecule is Cc1ccc(C2=Nc3ccc(N4CCN5CCC4CC5)cc3S(=O)(=O)N2)o1. The predicted octanol–water partition coefficient (Wildman–Crippen LogP) is 2.24. The van der Waals surface area contributed by atoms with Crippen molar-refractivity contribution in [2.75, 3.05) is 31.1 Å². The van der Waals surface area contributed by atoms with Crippen molar-refractivity contribution in [3.8, 4) is 0 Å². The molecule has 1 N–H and O–H groups in total. The summed E-state index contributed by atoms with van der Waals surface area (Å²) in [5.74, 6) is 1.36. The molecule has 0 aliphatic carbocycles. The Morgan fingerprint density at radius 3 is 2.67 bits per heavy atom. The van der Waals surface area contributed by atoms with Crippen molar-refractivity contribution in [1.29, 1.82) is 0 Å². The fraction of sp³-hybridized carbons (Fsp3) is 0.421. The van der Waals surface area contributed by atoms with Crippen molar-refractivity contribution in [1.82, 2.24) is 9.62 Å². The second kappa shape index (κ2) is 6.10. The number of hydrogen-bond acceptors (Lipinski definition) is 6. The molecule has 6 rings (SSSR count). The number of hydrogen-bond donors (Lipinski definition) is 1. The lowest BCUT2D eigenvalue weighted by molar-refractivity contribution is 0.250. The molecule has 0 radical (unpaired) electrons. The number of aryl methyl sites for hydroxylation is 1. The molecular formula is C19H22N4O3S. The number of benzene rings is 1. The van der Waals surface area contributed by atoms with Crippen LogP contribution in [0.25, 0.3) is 0 Å². The highest BCUT2D eigenvalue weighted by Gasteiger charge is 2.32. The van der Waals surface area contributed by atoms with Crippen LogP contribution in [0.5, 0.6) is 0 Å². The second-order valence-corrected chi connectivity index (χ2v) is 9.05. The number of rotatable bonds is 2. The van der Waals surface area contributed by atoms with Crippen LogP contribution in [0.1, 0.15) is 24.4 Å². The van der Waals surface area contributed by atoms with Crippen LogP contribution in [0.15, 0.2) is 44.6 Å². The molecule has 0 spiro atoms. The quantitative estimate of drug-likeness (QED) is 0.856. The summed E-state index contributed by atoms with van der Waals surface area (Å²) in [6.07, 6.45) is 2.25. The summed E-state index contributed by atoms with van der Waals surface area (Å²) in [4.78, 5) is 9.55. The first-order chi connectivity index (χ1) is 13.0. The number of anilines is 1. The molecule has 2 bridgehead atoms. The first-order valence-electron chi connectivity index (χ1n) is 9.31. The maximum atomic E-state index is 12.9. The Balaban J connectivity index is 1.54. The van der Waals surface area contributed by atoms with E-state index in [2.05, 4.69) is 19.5 Å². The summed E-state index contributed by atoms with van der Waals surface area (Å²) in [5.41, 5.74) is 1.41. The van der Waals surface area contributed by atoms with Gasteiger partial charge in [0.05, 0.1) is 5.69 Å². The van der Waals surface area contributed by atoms with Crippen molar-refractivity contribution in [3.05, 3.63) is 41.9 Å². The van der Waals surface area contributed by atoms with Crippen LogP contribution in [0, 0.1) is 6.92 Å². The highest BCUT2D eigenvalue weighted by molar-refractivity contribution is 7.90. The lowest BCUT2D eigenvalue weighted by Crippen LogP contribution is -2.38. The summed E-state index contributed by atoms with van der Waals surface area (Å²) < 4.78 is 33.8. The molecule has 0 amide bonds. The Bertz CT molecular complexity index is 1020. The van der Waals surface area contributed by atoms with E-state index in [0.717, 1.165) is 44.7 Å². The smallest absolute Gasteiger partial charge is 0.265 e. The van der Waals surface area contributed by atoms with Crippen LogP contribution in [-0.2, 0) is 10.0 Å². The number of amidine groups is 1. The summed E-state index contributed by atoms with van der Waals surface area (Å²) in [7, 11) is -3.69. The Labute approximate surface area is 158 Å². The first-order valence-corrected chi connectivity index (χ1v) is 10.8. The molecule has 5 heterocycles. The van der Waals surface area contributed by atoms with Crippen molar-refractivity contribution in [2.24, 2.45) is 4.99 Å². The van der Waals surface area contributed by atoms with E-state index in [4.69, 9.17) is 4.42 Å². The van der Waals surface area contributed by atoms with Gasteiger partial charge < -0.3 is 14.2 Å². The molecule has 7 nitrogen and oxygen atoms in total. The van der Waals surface area contributed by atoms with E-state index in [1.54, 1.807) is 24.3 Å². The predicted molar refractivity (Wildman–Crippen MR) is 103 cm³/mol. The van der Waals surface area contributed by atoms with Crippen molar-refractivity contribution in [2.45, 2.75) is 30.7 Å². The van der Waals surface area contributed by atoms with Gasteiger partial charge in [-0.3, -0.25) is 4.72 Å². The van der Waals surface area contributed by atoms with Gasteiger partial charge in [-0.25, -0.2) is 13.4 Å². The van der Waals surface area contributed by atoms with Gasteiger partial charge in [-0.05, 0) is 50.1 Å². The molecule has 0 unspecified atom stereocenters. The maximum absolute atomic E-state index is 12.9. The fourth-order valence-electron chi connectivity index (χ4n) is 4.21. The molecule has 4 aliphatic heterocycles. The lowest BCUT2D eigenvalue weighted by Gasteiger charge is -2.33. The third kappa shape index (κ3) is 2.93. The van der Waals surface area contributed by atoms with Crippen LogP contribution in [0.4, 0.5) is 11.4 Å². The monoisotopic (exact) mass is 386 g/mol. The third-order valence-electron chi connectivity index (χ3n) is 5.66. The average Bonchev–Trinajstić information content (AvgIpc) is 2.87. The van der Waals surface area contributed by atoms with Gasteiger partial charge in [-0.15, -0.1) is 0 Å². The molecule has 3 fully saturated rings. The van der Waals surface area contributed by atoms with Gasteiger partial charge >= 0.3 is 0 Å². The molecular weight excluding hydrogens is 364 g/mol. The van der Waals surface area contributed by atoms with Gasteiger partial charge in [0.2, 0.25) is 0 Å². The maximum Gasteiger partial charge on any atom is 0.265 e. The highest BCUT2D eigenvalue weighted by atomic mass is 32.2. The largest absolute Gasteiger partial charge is 0.458 e. The summed E-state index contributed by atoms with van der Waals surface area (Å²) in [6.45, 7) is 6.02. The number of piperidine rings is 1. The number of nitrogens with one attached hydrogen (secondary N) is 1. The van der Waals surface area contributed by atoms with Gasteiger partial charge in [-0.1, -0.05) is 0 Å². The van der Waals surface area contributed by atoms with Crippen LogP contribution >= 0.6 is 0 Å².